The molecule has 1 fully saturated rings. The zero-order valence-electron chi connectivity index (χ0n) is 8.05. The molecule has 0 atom stereocenters. The number of hydrogen-bond acceptors (Lipinski definition) is 5. The standard InChI is InChI=1S/C10H10N4S/c1-2-7(1)13-10-14-9(6-15-10)8-5-11-3-4-12-8/h3-7H,1-2H2,(H,13,14). The Labute approximate surface area is 91.4 Å². The molecule has 2 heterocycles. The van der Waals surface area contributed by atoms with Crippen molar-refractivity contribution in [2.75, 3.05) is 5.32 Å². The molecule has 15 heavy (non-hydrogen) atoms. The van der Waals surface area contributed by atoms with Crippen LogP contribution < -0.4 is 5.32 Å². The first-order valence-electron chi connectivity index (χ1n) is 4.90. The molecular weight excluding hydrogens is 208 g/mol. The average Bonchev–Trinajstić information content (AvgIpc) is 2.96. The highest BCUT2D eigenvalue weighted by Crippen LogP contribution is 2.28. The molecule has 0 aliphatic heterocycles. The highest BCUT2D eigenvalue weighted by Gasteiger charge is 2.22. The monoisotopic (exact) mass is 218 g/mol. The molecule has 76 valence electrons. The first kappa shape index (κ1) is 8.79. The molecule has 3 rings (SSSR count). The quantitative estimate of drug-likeness (QED) is 0.857. The lowest BCUT2D eigenvalue weighted by Crippen LogP contribution is -1.99. The van der Waals surface area contributed by atoms with Gasteiger partial charge in [-0.3, -0.25) is 9.97 Å². The van der Waals surface area contributed by atoms with E-state index in [9.17, 15) is 0 Å². The molecule has 2 aromatic heterocycles. The Kier molecular flexibility index (Phi) is 2.10. The number of aromatic nitrogens is 3. The minimum absolute atomic E-state index is 0.644. The smallest absolute Gasteiger partial charge is 0.183 e. The molecule has 5 heteroatoms. The zero-order chi connectivity index (χ0) is 10.1. The summed E-state index contributed by atoms with van der Waals surface area (Å²) >= 11 is 1.62. The lowest BCUT2D eigenvalue weighted by molar-refractivity contribution is 1.13. The van der Waals surface area contributed by atoms with Crippen molar-refractivity contribution in [1.29, 1.82) is 0 Å². The van der Waals surface area contributed by atoms with Crippen LogP contribution in [0.3, 0.4) is 0 Å². The summed E-state index contributed by atoms with van der Waals surface area (Å²) < 4.78 is 0. The van der Waals surface area contributed by atoms with Crippen LogP contribution in [0.25, 0.3) is 11.4 Å². The van der Waals surface area contributed by atoms with Crippen molar-refractivity contribution in [1.82, 2.24) is 15.0 Å². The van der Waals surface area contributed by atoms with Gasteiger partial charge < -0.3 is 5.32 Å². The van der Waals surface area contributed by atoms with E-state index in [0.29, 0.717) is 6.04 Å². The molecule has 0 bridgehead atoms. The summed E-state index contributed by atoms with van der Waals surface area (Å²) in [7, 11) is 0. The van der Waals surface area contributed by atoms with E-state index >= 15 is 0 Å². The van der Waals surface area contributed by atoms with E-state index in [-0.39, 0.29) is 0 Å². The molecule has 0 radical (unpaired) electrons. The van der Waals surface area contributed by atoms with Gasteiger partial charge in [0.05, 0.1) is 6.20 Å². The van der Waals surface area contributed by atoms with Crippen LogP contribution in [0.4, 0.5) is 5.13 Å². The topological polar surface area (TPSA) is 50.7 Å². The van der Waals surface area contributed by atoms with Crippen molar-refractivity contribution in [2.45, 2.75) is 18.9 Å². The van der Waals surface area contributed by atoms with Crippen LogP contribution >= 0.6 is 11.3 Å². The van der Waals surface area contributed by atoms with E-state index in [2.05, 4.69) is 20.3 Å². The van der Waals surface area contributed by atoms with Gasteiger partial charge in [-0.05, 0) is 12.8 Å². The molecule has 2 aromatic rings. The molecule has 1 aliphatic rings. The first-order chi connectivity index (χ1) is 7.42. The predicted molar refractivity (Wildman–Crippen MR) is 59.8 cm³/mol. The van der Waals surface area contributed by atoms with E-state index < -0.39 is 0 Å². The van der Waals surface area contributed by atoms with Crippen LogP contribution in [0.1, 0.15) is 12.8 Å². The average molecular weight is 218 g/mol. The second kappa shape index (κ2) is 3.58. The second-order valence-corrected chi connectivity index (χ2v) is 4.41. The van der Waals surface area contributed by atoms with Crippen LogP contribution in [0.5, 0.6) is 0 Å². The summed E-state index contributed by atoms with van der Waals surface area (Å²) in [4.78, 5) is 12.7. The molecule has 0 aromatic carbocycles. The Bertz CT molecular complexity index is 449. The maximum Gasteiger partial charge on any atom is 0.183 e. The Morgan fingerprint density at radius 2 is 2.20 bits per heavy atom. The Morgan fingerprint density at radius 3 is 2.93 bits per heavy atom. The number of nitrogens with one attached hydrogen (secondary N) is 1. The maximum atomic E-state index is 4.47. The van der Waals surface area contributed by atoms with Crippen LogP contribution in [-0.2, 0) is 0 Å². The summed E-state index contributed by atoms with van der Waals surface area (Å²) in [6, 6.07) is 0.644. The van der Waals surface area contributed by atoms with Gasteiger partial charge in [-0.25, -0.2) is 4.98 Å². The fraction of sp³-hybridized carbons (Fsp3) is 0.300. The van der Waals surface area contributed by atoms with Crippen LogP contribution in [0, 0.1) is 0 Å². The van der Waals surface area contributed by atoms with Crippen molar-refractivity contribution in [3.63, 3.8) is 0 Å². The summed E-state index contributed by atoms with van der Waals surface area (Å²) in [6.45, 7) is 0. The number of thiazole rings is 1. The molecule has 1 saturated carbocycles. The number of anilines is 1. The third kappa shape index (κ3) is 1.97. The van der Waals surface area contributed by atoms with Crippen molar-refractivity contribution < 1.29 is 0 Å². The van der Waals surface area contributed by atoms with Gasteiger partial charge in [-0.1, -0.05) is 0 Å². The molecular formula is C10H10N4S. The summed E-state index contributed by atoms with van der Waals surface area (Å²) in [6.07, 6.45) is 7.61. The normalized spacial score (nSPS) is 15.2. The van der Waals surface area contributed by atoms with Crippen molar-refractivity contribution in [3.8, 4) is 11.4 Å². The van der Waals surface area contributed by atoms with Gasteiger partial charge >= 0.3 is 0 Å². The van der Waals surface area contributed by atoms with Crippen molar-refractivity contribution in [2.24, 2.45) is 0 Å². The summed E-state index contributed by atoms with van der Waals surface area (Å²) in [5, 5.41) is 6.36. The van der Waals surface area contributed by atoms with E-state index in [4.69, 9.17) is 0 Å². The largest absolute Gasteiger partial charge is 0.359 e. The molecule has 0 amide bonds. The highest BCUT2D eigenvalue weighted by atomic mass is 32.1. The Balaban J connectivity index is 1.83. The van der Waals surface area contributed by atoms with Gasteiger partial charge in [0.25, 0.3) is 0 Å². The van der Waals surface area contributed by atoms with E-state index in [1.165, 1.54) is 12.8 Å². The number of nitrogens with zero attached hydrogens (tertiary/aromatic N) is 3. The van der Waals surface area contributed by atoms with Crippen molar-refractivity contribution >= 4 is 16.5 Å². The van der Waals surface area contributed by atoms with Gasteiger partial charge in [0.2, 0.25) is 0 Å². The molecule has 0 spiro atoms. The van der Waals surface area contributed by atoms with E-state index in [0.717, 1.165) is 16.5 Å². The first-order valence-corrected chi connectivity index (χ1v) is 5.78. The maximum absolute atomic E-state index is 4.47. The van der Waals surface area contributed by atoms with Crippen LogP contribution in [-0.4, -0.2) is 21.0 Å². The summed E-state index contributed by atoms with van der Waals surface area (Å²) in [5.41, 5.74) is 1.73. The minimum Gasteiger partial charge on any atom is -0.359 e. The number of rotatable bonds is 3. The second-order valence-electron chi connectivity index (χ2n) is 3.55. The molecule has 1 N–H and O–H groups in total. The third-order valence-corrected chi connectivity index (χ3v) is 3.01. The molecule has 0 saturated heterocycles. The van der Waals surface area contributed by atoms with Gasteiger partial charge in [-0.2, -0.15) is 0 Å². The fourth-order valence-corrected chi connectivity index (χ4v) is 2.07. The lowest BCUT2D eigenvalue weighted by Gasteiger charge is -1.96. The third-order valence-electron chi connectivity index (χ3n) is 2.23. The number of hydrogen-bond donors (Lipinski definition) is 1. The Morgan fingerprint density at radius 1 is 1.27 bits per heavy atom. The predicted octanol–water partition coefficient (Wildman–Crippen LogP) is 2.17. The van der Waals surface area contributed by atoms with E-state index in [1.807, 2.05) is 5.38 Å². The van der Waals surface area contributed by atoms with Crippen LogP contribution in [0.2, 0.25) is 0 Å². The van der Waals surface area contributed by atoms with Gasteiger partial charge in [0.1, 0.15) is 11.4 Å². The minimum atomic E-state index is 0.644. The van der Waals surface area contributed by atoms with Gasteiger partial charge in [-0.15, -0.1) is 11.3 Å². The SMILES string of the molecule is c1cnc(-c2csc(NC3CC3)n2)cn1. The van der Waals surface area contributed by atoms with Crippen molar-refractivity contribution in [3.05, 3.63) is 24.0 Å². The van der Waals surface area contributed by atoms with Gasteiger partial charge in [0, 0.05) is 23.8 Å². The molecule has 1 aliphatic carbocycles. The fourth-order valence-electron chi connectivity index (χ4n) is 1.29. The van der Waals surface area contributed by atoms with Crippen LogP contribution in [0.15, 0.2) is 24.0 Å². The zero-order valence-corrected chi connectivity index (χ0v) is 8.87. The Hall–Kier alpha value is -1.49. The lowest BCUT2D eigenvalue weighted by atomic mass is 10.4. The van der Waals surface area contributed by atoms with Gasteiger partial charge in [0.15, 0.2) is 5.13 Å². The highest BCUT2D eigenvalue weighted by molar-refractivity contribution is 7.14. The molecule has 4 nitrogen and oxygen atoms in total. The van der Waals surface area contributed by atoms with E-state index in [1.54, 1.807) is 29.9 Å². The summed E-state index contributed by atoms with van der Waals surface area (Å²) in [5.74, 6) is 0. The molecule has 0 unspecified atom stereocenters.